The zero-order valence-electron chi connectivity index (χ0n) is 9.60. The summed E-state index contributed by atoms with van der Waals surface area (Å²) >= 11 is 1.06. The van der Waals surface area contributed by atoms with Gasteiger partial charge in [-0.15, -0.1) is 10.2 Å². The van der Waals surface area contributed by atoms with Crippen LogP contribution in [0.1, 0.15) is 11.4 Å². The van der Waals surface area contributed by atoms with Crippen molar-refractivity contribution in [2.75, 3.05) is 0 Å². The normalized spacial score (nSPS) is 10.6. The number of nitrogens with zero attached hydrogens (tertiary/aromatic N) is 7. The molecule has 2 aromatic rings. The molecule has 2 aromatic heterocycles. The molecule has 0 saturated heterocycles. The lowest BCUT2D eigenvalue weighted by atomic mass is 10.4. The van der Waals surface area contributed by atoms with Crippen LogP contribution >= 0.6 is 11.8 Å². The molecule has 10 heteroatoms. The van der Waals surface area contributed by atoms with E-state index in [1.54, 1.807) is 6.92 Å². The van der Waals surface area contributed by atoms with E-state index in [-0.39, 0.29) is 6.54 Å². The summed E-state index contributed by atoms with van der Waals surface area (Å²) in [4.78, 5) is 14.8. The van der Waals surface area contributed by atoms with Gasteiger partial charge in [0.2, 0.25) is 10.3 Å². The van der Waals surface area contributed by atoms with Crippen molar-refractivity contribution in [1.82, 2.24) is 35.4 Å². The maximum Gasteiger partial charge on any atom is 0.325 e. The smallest absolute Gasteiger partial charge is 0.325 e. The number of hydrogen-bond acceptors (Lipinski definition) is 8. The van der Waals surface area contributed by atoms with Crippen molar-refractivity contribution in [2.45, 2.75) is 30.7 Å². The van der Waals surface area contributed by atoms with Crippen molar-refractivity contribution >= 4 is 17.7 Å². The van der Waals surface area contributed by atoms with Gasteiger partial charge in [0.25, 0.3) is 0 Å². The first-order chi connectivity index (χ1) is 8.56. The zero-order chi connectivity index (χ0) is 13.1. The van der Waals surface area contributed by atoms with Crippen LogP contribution in [-0.2, 0) is 11.3 Å². The molecule has 0 bridgehead atoms. The molecule has 0 amide bonds. The van der Waals surface area contributed by atoms with Gasteiger partial charge in [-0.25, -0.2) is 9.67 Å². The van der Waals surface area contributed by atoms with Crippen LogP contribution in [-0.4, -0.2) is 46.5 Å². The van der Waals surface area contributed by atoms with E-state index in [1.165, 1.54) is 0 Å². The van der Waals surface area contributed by atoms with Crippen LogP contribution in [0.3, 0.4) is 0 Å². The van der Waals surface area contributed by atoms with Gasteiger partial charge in [-0.3, -0.25) is 4.79 Å². The first kappa shape index (κ1) is 12.4. The van der Waals surface area contributed by atoms with E-state index in [2.05, 4.69) is 30.7 Å². The number of carboxylic acids is 1. The number of rotatable bonds is 4. The largest absolute Gasteiger partial charge is 0.480 e. The van der Waals surface area contributed by atoms with E-state index in [1.807, 2.05) is 6.92 Å². The van der Waals surface area contributed by atoms with Gasteiger partial charge in [0.05, 0.1) is 11.4 Å². The molecule has 0 aliphatic heterocycles. The molecule has 0 unspecified atom stereocenters. The minimum absolute atomic E-state index is 0.308. The highest BCUT2D eigenvalue weighted by Gasteiger charge is 2.13. The van der Waals surface area contributed by atoms with Crippen LogP contribution in [0.2, 0.25) is 0 Å². The fraction of sp³-hybridized carbons (Fsp3) is 0.375. The number of tetrazole rings is 1. The van der Waals surface area contributed by atoms with Crippen LogP contribution in [0.25, 0.3) is 0 Å². The number of aliphatic carboxylic acids is 1. The molecular weight excluding hydrogens is 258 g/mol. The van der Waals surface area contributed by atoms with Crippen LogP contribution in [0, 0.1) is 13.8 Å². The highest BCUT2D eigenvalue weighted by molar-refractivity contribution is 7.99. The van der Waals surface area contributed by atoms with Crippen LogP contribution < -0.4 is 0 Å². The van der Waals surface area contributed by atoms with E-state index in [0.717, 1.165) is 27.8 Å². The van der Waals surface area contributed by atoms with E-state index in [4.69, 9.17) is 5.11 Å². The summed E-state index contributed by atoms with van der Waals surface area (Å²) < 4.78 is 1.16. The molecule has 0 atom stereocenters. The van der Waals surface area contributed by atoms with Gasteiger partial charge < -0.3 is 5.11 Å². The van der Waals surface area contributed by atoms with Gasteiger partial charge >= 0.3 is 5.97 Å². The molecule has 0 aliphatic rings. The second-order valence-corrected chi connectivity index (χ2v) is 4.31. The standard InChI is InChI=1S/C8H9N7O2S/c1-4-5(2)10-11-7(9-4)18-8-12-13-14-15(8)3-6(16)17/h3H2,1-2H3,(H,16,17). The Morgan fingerprint density at radius 3 is 2.72 bits per heavy atom. The highest BCUT2D eigenvalue weighted by Crippen LogP contribution is 2.21. The van der Waals surface area contributed by atoms with E-state index in [9.17, 15) is 4.79 Å². The molecule has 0 fully saturated rings. The van der Waals surface area contributed by atoms with Gasteiger partial charge in [0.1, 0.15) is 6.54 Å². The summed E-state index contributed by atoms with van der Waals surface area (Å²) in [5.41, 5.74) is 1.49. The molecule has 9 nitrogen and oxygen atoms in total. The lowest BCUT2D eigenvalue weighted by Crippen LogP contribution is -2.11. The minimum Gasteiger partial charge on any atom is -0.480 e. The summed E-state index contributed by atoms with van der Waals surface area (Å²) in [6.45, 7) is 3.31. The average molecular weight is 267 g/mol. The molecule has 0 radical (unpaired) electrons. The fourth-order valence-corrected chi connectivity index (χ4v) is 1.77. The first-order valence-corrected chi connectivity index (χ1v) is 5.71. The molecule has 94 valence electrons. The minimum atomic E-state index is -1.02. The molecule has 0 aliphatic carbocycles. The molecule has 1 N–H and O–H groups in total. The lowest BCUT2D eigenvalue weighted by Gasteiger charge is -2.01. The number of carboxylic acid groups (broad SMARTS) is 1. The Bertz CT molecular complexity index is 585. The Hall–Kier alpha value is -2.10. The predicted octanol–water partition coefficient (Wildman–Crippen LogP) is -0.289. The van der Waals surface area contributed by atoms with E-state index in [0.29, 0.717) is 10.3 Å². The van der Waals surface area contributed by atoms with Crippen molar-refractivity contribution in [1.29, 1.82) is 0 Å². The molecule has 2 heterocycles. The van der Waals surface area contributed by atoms with Gasteiger partial charge in [-0.05, 0) is 36.0 Å². The van der Waals surface area contributed by atoms with Crippen LogP contribution in [0.5, 0.6) is 0 Å². The Balaban J connectivity index is 2.20. The summed E-state index contributed by atoms with van der Waals surface area (Å²) in [6.07, 6.45) is 0. The first-order valence-electron chi connectivity index (χ1n) is 4.90. The number of hydrogen-bond donors (Lipinski definition) is 1. The number of carbonyl (C=O) groups is 1. The van der Waals surface area contributed by atoms with Crippen molar-refractivity contribution in [3.8, 4) is 0 Å². The summed E-state index contributed by atoms with van der Waals surface area (Å²) in [5.74, 6) is -1.02. The topological polar surface area (TPSA) is 120 Å². The maximum atomic E-state index is 10.6. The second-order valence-electron chi connectivity index (χ2n) is 3.38. The second kappa shape index (κ2) is 5.04. The number of aryl methyl sites for hydroxylation is 2. The van der Waals surface area contributed by atoms with Crippen molar-refractivity contribution in [2.24, 2.45) is 0 Å². The predicted molar refractivity (Wildman–Crippen MR) is 58.9 cm³/mol. The van der Waals surface area contributed by atoms with E-state index < -0.39 is 5.97 Å². The van der Waals surface area contributed by atoms with Crippen molar-refractivity contribution in [3.63, 3.8) is 0 Å². The van der Waals surface area contributed by atoms with Gasteiger partial charge in [-0.1, -0.05) is 0 Å². The highest BCUT2D eigenvalue weighted by atomic mass is 32.2. The Labute approximate surface area is 106 Å². The van der Waals surface area contributed by atoms with Crippen LogP contribution in [0.15, 0.2) is 10.3 Å². The van der Waals surface area contributed by atoms with Crippen molar-refractivity contribution in [3.05, 3.63) is 11.4 Å². The molecule has 0 spiro atoms. The molecule has 0 saturated carbocycles. The van der Waals surface area contributed by atoms with Gasteiger partial charge in [-0.2, -0.15) is 5.10 Å². The third kappa shape index (κ3) is 2.77. The summed E-state index contributed by atoms with van der Waals surface area (Å²) in [5, 5.41) is 27.9. The Morgan fingerprint density at radius 1 is 1.28 bits per heavy atom. The van der Waals surface area contributed by atoms with Crippen molar-refractivity contribution < 1.29 is 9.90 Å². The quantitative estimate of drug-likeness (QED) is 0.796. The van der Waals surface area contributed by atoms with Gasteiger partial charge in [0, 0.05) is 0 Å². The average Bonchev–Trinajstić information content (AvgIpc) is 2.70. The third-order valence-electron chi connectivity index (χ3n) is 2.04. The van der Waals surface area contributed by atoms with Gasteiger partial charge in [0.15, 0.2) is 0 Å². The maximum absolute atomic E-state index is 10.6. The van der Waals surface area contributed by atoms with Crippen LogP contribution in [0.4, 0.5) is 0 Å². The Morgan fingerprint density at radius 2 is 2.06 bits per heavy atom. The third-order valence-corrected chi connectivity index (χ3v) is 2.87. The molecule has 18 heavy (non-hydrogen) atoms. The monoisotopic (exact) mass is 267 g/mol. The fourth-order valence-electron chi connectivity index (χ4n) is 1.06. The summed E-state index contributed by atoms with van der Waals surface area (Å²) in [6, 6.07) is 0. The zero-order valence-corrected chi connectivity index (χ0v) is 10.4. The SMILES string of the molecule is Cc1nnc(Sc2nnnn2CC(=O)O)nc1C. The lowest BCUT2D eigenvalue weighted by molar-refractivity contribution is -0.138. The Kier molecular flexibility index (Phi) is 3.46. The molecular formula is C8H9N7O2S. The molecule has 0 aromatic carbocycles. The van der Waals surface area contributed by atoms with E-state index >= 15 is 0 Å². The summed E-state index contributed by atoms with van der Waals surface area (Å²) in [7, 11) is 0. The molecule has 2 rings (SSSR count). The number of aromatic nitrogens is 7.